The highest BCUT2D eigenvalue weighted by Crippen LogP contribution is 2.23. The fourth-order valence-electron chi connectivity index (χ4n) is 2.19. The molecule has 2 aromatic carbocycles. The number of aromatic nitrogens is 3. The monoisotopic (exact) mass is 359 g/mol. The molecular weight excluding hydrogens is 341 g/mol. The van der Waals surface area contributed by atoms with E-state index in [9.17, 15) is 4.39 Å². The molecular formula is C18H18FN3O2S. The van der Waals surface area contributed by atoms with Crippen molar-refractivity contribution in [3.8, 4) is 11.5 Å². The van der Waals surface area contributed by atoms with Gasteiger partial charge < -0.3 is 14.0 Å². The van der Waals surface area contributed by atoms with Crippen molar-refractivity contribution in [2.24, 2.45) is 7.05 Å². The molecule has 0 bridgehead atoms. The van der Waals surface area contributed by atoms with E-state index in [0.29, 0.717) is 11.6 Å². The van der Waals surface area contributed by atoms with Crippen LogP contribution in [0.1, 0.15) is 11.4 Å². The number of methoxy groups -OCH3 is 1. The van der Waals surface area contributed by atoms with Gasteiger partial charge in [0.05, 0.1) is 7.11 Å². The highest BCUT2D eigenvalue weighted by atomic mass is 32.2. The van der Waals surface area contributed by atoms with Crippen LogP contribution in [0.4, 0.5) is 4.39 Å². The van der Waals surface area contributed by atoms with Crippen LogP contribution in [-0.2, 0) is 19.4 Å². The number of nitrogens with zero attached hydrogens (tertiary/aromatic N) is 3. The lowest BCUT2D eigenvalue weighted by Gasteiger charge is -2.07. The molecule has 0 unspecified atom stereocenters. The van der Waals surface area contributed by atoms with Gasteiger partial charge in [-0.15, -0.1) is 10.2 Å². The largest absolute Gasteiger partial charge is 0.497 e. The second kappa shape index (κ2) is 8.02. The van der Waals surface area contributed by atoms with Crippen molar-refractivity contribution in [1.82, 2.24) is 14.8 Å². The third kappa shape index (κ3) is 4.51. The number of thioether (sulfide) groups is 1. The standard InChI is InChI=1S/C18H18FN3O2S/c1-22-17(11-24-15-8-6-14(19)7-9-15)20-21-18(22)25-12-13-4-3-5-16(10-13)23-2/h3-10H,11-12H2,1-2H3. The summed E-state index contributed by atoms with van der Waals surface area (Å²) in [7, 11) is 3.56. The Hall–Kier alpha value is -2.54. The van der Waals surface area contributed by atoms with Crippen LogP contribution in [0.25, 0.3) is 0 Å². The van der Waals surface area contributed by atoms with Crippen molar-refractivity contribution < 1.29 is 13.9 Å². The van der Waals surface area contributed by atoms with Crippen molar-refractivity contribution in [2.45, 2.75) is 17.5 Å². The van der Waals surface area contributed by atoms with Crippen LogP contribution in [0.5, 0.6) is 11.5 Å². The topological polar surface area (TPSA) is 49.2 Å². The molecule has 0 radical (unpaired) electrons. The van der Waals surface area contributed by atoms with Crippen LogP contribution in [-0.4, -0.2) is 21.9 Å². The Labute approximate surface area is 149 Å². The highest BCUT2D eigenvalue weighted by molar-refractivity contribution is 7.98. The maximum atomic E-state index is 12.9. The molecule has 0 spiro atoms. The lowest BCUT2D eigenvalue weighted by molar-refractivity contribution is 0.290. The molecule has 0 N–H and O–H groups in total. The van der Waals surface area contributed by atoms with Gasteiger partial charge in [-0.1, -0.05) is 23.9 Å². The number of rotatable bonds is 7. The zero-order valence-corrected chi connectivity index (χ0v) is 14.8. The second-order valence-corrected chi connectivity index (χ2v) is 6.28. The van der Waals surface area contributed by atoms with Crippen molar-refractivity contribution in [1.29, 1.82) is 0 Å². The van der Waals surface area contributed by atoms with E-state index in [0.717, 1.165) is 22.2 Å². The van der Waals surface area contributed by atoms with E-state index in [1.807, 2.05) is 35.9 Å². The summed E-state index contributed by atoms with van der Waals surface area (Å²) in [6.07, 6.45) is 0. The Bertz CT molecular complexity index is 837. The van der Waals surface area contributed by atoms with Gasteiger partial charge in [0.1, 0.15) is 23.9 Å². The van der Waals surface area contributed by atoms with Crippen LogP contribution in [0.2, 0.25) is 0 Å². The molecule has 130 valence electrons. The molecule has 3 aromatic rings. The average molecular weight is 359 g/mol. The summed E-state index contributed by atoms with van der Waals surface area (Å²) in [6.45, 7) is 0.273. The zero-order valence-electron chi connectivity index (χ0n) is 14.0. The molecule has 0 saturated carbocycles. The minimum absolute atomic E-state index is 0.273. The van der Waals surface area contributed by atoms with E-state index in [1.54, 1.807) is 31.0 Å². The van der Waals surface area contributed by atoms with Crippen molar-refractivity contribution in [2.75, 3.05) is 7.11 Å². The van der Waals surface area contributed by atoms with E-state index in [1.165, 1.54) is 12.1 Å². The maximum absolute atomic E-state index is 12.9. The number of ether oxygens (including phenoxy) is 2. The number of halogens is 1. The third-order valence-corrected chi connectivity index (χ3v) is 4.70. The first kappa shape index (κ1) is 17.3. The van der Waals surface area contributed by atoms with Gasteiger partial charge in [-0.05, 0) is 42.0 Å². The smallest absolute Gasteiger partial charge is 0.191 e. The van der Waals surface area contributed by atoms with Gasteiger partial charge in [-0.3, -0.25) is 0 Å². The van der Waals surface area contributed by atoms with E-state index >= 15 is 0 Å². The molecule has 0 aliphatic heterocycles. The van der Waals surface area contributed by atoms with Gasteiger partial charge in [0.2, 0.25) is 0 Å². The summed E-state index contributed by atoms with van der Waals surface area (Å²) in [6, 6.07) is 13.8. The first-order chi connectivity index (χ1) is 12.2. The lowest BCUT2D eigenvalue weighted by Crippen LogP contribution is -2.04. The van der Waals surface area contributed by atoms with E-state index in [-0.39, 0.29) is 12.4 Å². The molecule has 0 aliphatic rings. The van der Waals surface area contributed by atoms with Crippen LogP contribution >= 0.6 is 11.8 Å². The third-order valence-electron chi connectivity index (χ3n) is 3.61. The van der Waals surface area contributed by atoms with Gasteiger partial charge in [-0.2, -0.15) is 0 Å². The number of benzene rings is 2. The Morgan fingerprint density at radius 1 is 1.08 bits per heavy atom. The Kier molecular flexibility index (Phi) is 5.55. The predicted octanol–water partition coefficient (Wildman–Crippen LogP) is 3.83. The predicted molar refractivity (Wildman–Crippen MR) is 94.3 cm³/mol. The molecule has 3 rings (SSSR count). The highest BCUT2D eigenvalue weighted by Gasteiger charge is 2.10. The second-order valence-electron chi connectivity index (χ2n) is 5.34. The fraction of sp³-hybridized carbons (Fsp3) is 0.222. The SMILES string of the molecule is COc1cccc(CSc2nnc(COc3ccc(F)cc3)n2C)c1. The molecule has 5 nitrogen and oxygen atoms in total. The summed E-state index contributed by atoms with van der Waals surface area (Å²) in [4.78, 5) is 0. The van der Waals surface area contributed by atoms with Gasteiger partial charge in [0, 0.05) is 12.8 Å². The Balaban J connectivity index is 1.59. The minimum Gasteiger partial charge on any atom is -0.497 e. The van der Waals surface area contributed by atoms with Gasteiger partial charge >= 0.3 is 0 Å². The first-order valence-corrected chi connectivity index (χ1v) is 8.66. The van der Waals surface area contributed by atoms with Crippen molar-refractivity contribution in [3.05, 3.63) is 65.7 Å². The van der Waals surface area contributed by atoms with E-state index < -0.39 is 0 Å². The molecule has 0 aliphatic carbocycles. The summed E-state index contributed by atoms with van der Waals surface area (Å²) < 4.78 is 25.6. The Morgan fingerprint density at radius 2 is 1.88 bits per heavy atom. The van der Waals surface area contributed by atoms with Crippen LogP contribution in [0, 0.1) is 5.82 Å². The molecule has 0 saturated heterocycles. The number of hydrogen-bond acceptors (Lipinski definition) is 5. The van der Waals surface area contributed by atoms with Crippen LogP contribution in [0.15, 0.2) is 53.7 Å². The summed E-state index contributed by atoms with van der Waals surface area (Å²) >= 11 is 1.59. The van der Waals surface area contributed by atoms with E-state index in [2.05, 4.69) is 10.2 Å². The quantitative estimate of drug-likeness (QED) is 0.600. The molecule has 1 heterocycles. The fourth-order valence-corrected chi connectivity index (χ4v) is 3.06. The van der Waals surface area contributed by atoms with Gasteiger partial charge in [0.15, 0.2) is 11.0 Å². The molecule has 25 heavy (non-hydrogen) atoms. The molecule has 0 amide bonds. The van der Waals surface area contributed by atoms with Gasteiger partial charge in [-0.25, -0.2) is 4.39 Å². The molecule has 1 aromatic heterocycles. The molecule has 7 heteroatoms. The summed E-state index contributed by atoms with van der Waals surface area (Å²) in [5.74, 6) is 2.61. The van der Waals surface area contributed by atoms with Crippen LogP contribution in [0.3, 0.4) is 0 Å². The first-order valence-electron chi connectivity index (χ1n) is 7.68. The zero-order chi connectivity index (χ0) is 17.6. The summed E-state index contributed by atoms with van der Waals surface area (Å²) in [5.41, 5.74) is 1.15. The maximum Gasteiger partial charge on any atom is 0.191 e. The average Bonchev–Trinajstić information content (AvgIpc) is 2.99. The normalized spacial score (nSPS) is 10.7. The lowest BCUT2D eigenvalue weighted by atomic mass is 10.2. The number of hydrogen-bond donors (Lipinski definition) is 0. The van der Waals surface area contributed by atoms with Gasteiger partial charge in [0.25, 0.3) is 0 Å². The Morgan fingerprint density at radius 3 is 2.64 bits per heavy atom. The minimum atomic E-state index is -0.290. The van der Waals surface area contributed by atoms with Crippen molar-refractivity contribution >= 4 is 11.8 Å². The van der Waals surface area contributed by atoms with Crippen molar-refractivity contribution in [3.63, 3.8) is 0 Å². The van der Waals surface area contributed by atoms with Crippen LogP contribution < -0.4 is 9.47 Å². The molecule has 0 atom stereocenters. The summed E-state index contributed by atoms with van der Waals surface area (Å²) in [5, 5.41) is 9.17. The van der Waals surface area contributed by atoms with E-state index in [4.69, 9.17) is 9.47 Å². The molecule has 0 fully saturated rings.